The van der Waals surface area contributed by atoms with Crippen molar-refractivity contribution in [1.29, 1.82) is 0 Å². The van der Waals surface area contributed by atoms with Crippen LogP contribution in [0.5, 0.6) is 5.75 Å². The Morgan fingerprint density at radius 1 is 0.926 bits per heavy atom. The van der Waals surface area contributed by atoms with Gasteiger partial charge in [0.2, 0.25) is 0 Å². The second kappa shape index (κ2) is 8.20. The zero-order valence-corrected chi connectivity index (χ0v) is 16.0. The predicted octanol–water partition coefficient (Wildman–Crippen LogP) is 2.81. The predicted molar refractivity (Wildman–Crippen MR) is 103 cm³/mol. The minimum atomic E-state index is -0.0176. The molecule has 0 unspecified atom stereocenters. The van der Waals surface area contributed by atoms with Gasteiger partial charge in [-0.15, -0.1) is 0 Å². The molecule has 1 aromatic carbocycles. The monoisotopic (exact) mass is 367 g/mol. The molecular weight excluding hydrogens is 342 g/mol. The highest BCUT2D eigenvalue weighted by atomic mass is 16.5. The smallest absolute Gasteiger partial charge is 0.254 e. The third-order valence-corrected chi connectivity index (χ3v) is 4.88. The number of rotatable bonds is 4. The van der Waals surface area contributed by atoms with Crippen molar-refractivity contribution >= 4 is 11.8 Å². The Balaban J connectivity index is 1.67. The van der Waals surface area contributed by atoms with Crippen molar-refractivity contribution in [1.82, 2.24) is 14.8 Å². The molecule has 2 heterocycles. The Morgan fingerprint density at radius 2 is 1.48 bits per heavy atom. The van der Waals surface area contributed by atoms with Crippen LogP contribution in [0.25, 0.3) is 0 Å². The standard InChI is InChI=1S/C21H25N3O3/c1-15(2)18-14-17(4-5-19(18)27-3)21(26)24-12-10-23(11-13-24)20(25)16-6-8-22-9-7-16/h4-9,14-15H,10-13H2,1-3H3. The third kappa shape index (κ3) is 4.10. The van der Waals surface area contributed by atoms with Gasteiger partial charge in [0.15, 0.2) is 0 Å². The number of hydrogen-bond acceptors (Lipinski definition) is 4. The van der Waals surface area contributed by atoms with E-state index in [2.05, 4.69) is 18.8 Å². The van der Waals surface area contributed by atoms with E-state index in [0.29, 0.717) is 37.3 Å². The Morgan fingerprint density at radius 3 is 2.00 bits per heavy atom. The van der Waals surface area contributed by atoms with E-state index < -0.39 is 0 Å². The van der Waals surface area contributed by atoms with E-state index in [1.807, 2.05) is 23.1 Å². The molecule has 0 aliphatic carbocycles. The lowest BCUT2D eigenvalue weighted by molar-refractivity contribution is 0.0535. The van der Waals surface area contributed by atoms with Crippen molar-refractivity contribution in [3.05, 3.63) is 59.4 Å². The fraction of sp³-hybridized carbons (Fsp3) is 0.381. The van der Waals surface area contributed by atoms with Crippen molar-refractivity contribution in [3.63, 3.8) is 0 Å². The summed E-state index contributed by atoms with van der Waals surface area (Å²) in [7, 11) is 1.64. The second-order valence-electron chi connectivity index (χ2n) is 6.93. The number of benzene rings is 1. The van der Waals surface area contributed by atoms with E-state index in [1.165, 1.54) is 0 Å². The minimum Gasteiger partial charge on any atom is -0.496 e. The summed E-state index contributed by atoms with van der Waals surface area (Å²) in [5, 5.41) is 0. The number of pyridine rings is 1. The largest absolute Gasteiger partial charge is 0.496 e. The van der Waals surface area contributed by atoms with Gasteiger partial charge in [-0.05, 0) is 41.8 Å². The molecule has 2 aromatic rings. The number of carbonyl (C=O) groups is 2. The van der Waals surface area contributed by atoms with Gasteiger partial charge in [0.05, 0.1) is 7.11 Å². The lowest BCUT2D eigenvalue weighted by Crippen LogP contribution is -2.50. The van der Waals surface area contributed by atoms with Gasteiger partial charge in [0, 0.05) is 49.7 Å². The van der Waals surface area contributed by atoms with E-state index in [9.17, 15) is 9.59 Å². The average Bonchev–Trinajstić information content (AvgIpc) is 2.73. The van der Waals surface area contributed by atoms with Crippen LogP contribution in [-0.4, -0.2) is 59.9 Å². The van der Waals surface area contributed by atoms with Crippen LogP contribution in [-0.2, 0) is 0 Å². The van der Waals surface area contributed by atoms with E-state index in [-0.39, 0.29) is 17.7 Å². The highest BCUT2D eigenvalue weighted by Gasteiger charge is 2.26. The fourth-order valence-corrected chi connectivity index (χ4v) is 3.29. The molecule has 1 saturated heterocycles. The molecule has 3 rings (SSSR count). The molecule has 0 N–H and O–H groups in total. The van der Waals surface area contributed by atoms with Gasteiger partial charge >= 0.3 is 0 Å². The van der Waals surface area contributed by atoms with Crippen molar-refractivity contribution < 1.29 is 14.3 Å². The van der Waals surface area contributed by atoms with Gasteiger partial charge in [-0.3, -0.25) is 14.6 Å². The van der Waals surface area contributed by atoms with Crippen LogP contribution in [0.15, 0.2) is 42.7 Å². The summed E-state index contributed by atoms with van der Waals surface area (Å²) in [6, 6.07) is 9.00. The van der Waals surface area contributed by atoms with Crippen molar-refractivity contribution in [2.75, 3.05) is 33.3 Å². The van der Waals surface area contributed by atoms with E-state index in [4.69, 9.17) is 4.74 Å². The Kier molecular flexibility index (Phi) is 5.74. The number of aromatic nitrogens is 1. The molecule has 27 heavy (non-hydrogen) atoms. The fourth-order valence-electron chi connectivity index (χ4n) is 3.29. The Hall–Kier alpha value is -2.89. The summed E-state index contributed by atoms with van der Waals surface area (Å²) in [5.41, 5.74) is 2.31. The number of ether oxygens (including phenoxy) is 1. The maximum Gasteiger partial charge on any atom is 0.254 e. The first kappa shape index (κ1) is 18.9. The molecule has 0 spiro atoms. The van der Waals surface area contributed by atoms with E-state index >= 15 is 0 Å². The van der Waals surface area contributed by atoms with Crippen LogP contribution >= 0.6 is 0 Å². The molecule has 6 nitrogen and oxygen atoms in total. The van der Waals surface area contributed by atoms with E-state index in [0.717, 1.165) is 11.3 Å². The van der Waals surface area contributed by atoms with Gasteiger partial charge in [-0.1, -0.05) is 13.8 Å². The quantitative estimate of drug-likeness (QED) is 0.834. The van der Waals surface area contributed by atoms with Gasteiger partial charge in [0.25, 0.3) is 11.8 Å². The molecule has 1 aliphatic heterocycles. The van der Waals surface area contributed by atoms with Gasteiger partial charge in [-0.25, -0.2) is 0 Å². The van der Waals surface area contributed by atoms with Gasteiger partial charge in [0.1, 0.15) is 5.75 Å². The van der Waals surface area contributed by atoms with Crippen molar-refractivity contribution in [2.24, 2.45) is 0 Å². The summed E-state index contributed by atoms with van der Waals surface area (Å²) in [6.45, 7) is 6.27. The number of carbonyl (C=O) groups excluding carboxylic acids is 2. The SMILES string of the molecule is COc1ccc(C(=O)N2CCN(C(=O)c3ccncc3)CC2)cc1C(C)C. The zero-order valence-electron chi connectivity index (χ0n) is 16.0. The topological polar surface area (TPSA) is 62.7 Å². The molecule has 1 fully saturated rings. The highest BCUT2D eigenvalue weighted by molar-refractivity contribution is 5.96. The lowest BCUT2D eigenvalue weighted by Gasteiger charge is -2.35. The third-order valence-electron chi connectivity index (χ3n) is 4.88. The molecule has 6 heteroatoms. The lowest BCUT2D eigenvalue weighted by atomic mass is 9.99. The number of methoxy groups -OCH3 is 1. The summed E-state index contributed by atoms with van der Waals surface area (Å²) >= 11 is 0. The molecular formula is C21H25N3O3. The number of hydrogen-bond donors (Lipinski definition) is 0. The van der Waals surface area contributed by atoms with Crippen molar-refractivity contribution in [2.45, 2.75) is 19.8 Å². The summed E-state index contributed by atoms with van der Waals surface area (Å²) < 4.78 is 5.40. The normalized spacial score (nSPS) is 14.4. The van der Waals surface area contributed by atoms with Crippen molar-refractivity contribution in [3.8, 4) is 5.75 Å². The van der Waals surface area contributed by atoms with Crippen LogP contribution in [0.2, 0.25) is 0 Å². The molecule has 0 saturated carbocycles. The number of nitrogens with zero attached hydrogens (tertiary/aromatic N) is 3. The second-order valence-corrected chi connectivity index (χ2v) is 6.93. The Bertz CT molecular complexity index is 813. The molecule has 2 amide bonds. The zero-order chi connectivity index (χ0) is 19.4. The molecule has 1 aliphatic rings. The molecule has 0 bridgehead atoms. The maximum absolute atomic E-state index is 12.9. The van der Waals surface area contributed by atoms with Crippen LogP contribution in [0.1, 0.15) is 46.0 Å². The van der Waals surface area contributed by atoms with Crippen LogP contribution in [0.3, 0.4) is 0 Å². The summed E-state index contributed by atoms with van der Waals surface area (Å²) in [5.74, 6) is 1.04. The van der Waals surface area contributed by atoms with Crippen LogP contribution in [0.4, 0.5) is 0 Å². The number of piperazine rings is 1. The molecule has 142 valence electrons. The van der Waals surface area contributed by atoms with Gasteiger partial charge < -0.3 is 14.5 Å². The first-order valence-electron chi connectivity index (χ1n) is 9.17. The van der Waals surface area contributed by atoms with E-state index in [1.54, 1.807) is 36.5 Å². The first-order chi connectivity index (χ1) is 13.0. The summed E-state index contributed by atoms with van der Waals surface area (Å²) in [4.78, 5) is 32.9. The van der Waals surface area contributed by atoms with Crippen LogP contribution < -0.4 is 4.74 Å². The van der Waals surface area contributed by atoms with Crippen LogP contribution in [0, 0.1) is 0 Å². The molecule has 0 atom stereocenters. The Labute approximate surface area is 159 Å². The maximum atomic E-state index is 12.9. The molecule has 1 aromatic heterocycles. The summed E-state index contributed by atoms with van der Waals surface area (Å²) in [6.07, 6.45) is 3.23. The average molecular weight is 367 g/mol. The highest BCUT2D eigenvalue weighted by Crippen LogP contribution is 2.28. The van der Waals surface area contributed by atoms with Gasteiger partial charge in [-0.2, -0.15) is 0 Å². The first-order valence-corrected chi connectivity index (χ1v) is 9.17. The number of amides is 2. The minimum absolute atomic E-state index is 0.00411. The molecule has 0 radical (unpaired) electrons.